The van der Waals surface area contributed by atoms with Crippen LogP contribution in [0, 0.1) is 0 Å². The van der Waals surface area contributed by atoms with Gasteiger partial charge in [0.05, 0.1) is 11.3 Å². The van der Waals surface area contributed by atoms with E-state index in [0.29, 0.717) is 4.91 Å². The zero-order valence-electron chi connectivity index (χ0n) is 9.96. The second kappa shape index (κ2) is 5.15. The topological polar surface area (TPSA) is 34.1 Å². The summed E-state index contributed by atoms with van der Waals surface area (Å²) in [5.74, 6) is -0.0651. The van der Waals surface area contributed by atoms with Gasteiger partial charge in [0.25, 0.3) is 0 Å². The number of benzene rings is 1. The minimum absolute atomic E-state index is 0.0351. The molecule has 2 nitrogen and oxygen atoms in total. The number of carbonyl (C=O) groups excluding carboxylic acids is 2. The third kappa shape index (κ3) is 2.69. The highest BCUT2D eigenvalue weighted by atomic mass is 32.2. The number of allylic oxidation sites excluding steroid dienone is 1. The number of hydrogen-bond acceptors (Lipinski definition) is 4. The smallest absolute Gasteiger partial charge is 0.201 e. The lowest BCUT2D eigenvalue weighted by Gasteiger charge is -1.94. The minimum Gasteiger partial charge on any atom is -0.293 e. The Morgan fingerprint density at radius 3 is 2.47 bits per heavy atom. The average Bonchev–Trinajstić information content (AvgIpc) is 2.99. The lowest BCUT2D eigenvalue weighted by atomic mass is 10.2. The summed E-state index contributed by atoms with van der Waals surface area (Å²) in [7, 11) is 0. The molecule has 4 heteroatoms. The molecular formula is C15H10O2S2. The molecule has 1 aromatic carbocycles. The van der Waals surface area contributed by atoms with Gasteiger partial charge in [-0.05, 0) is 35.5 Å². The molecule has 1 aromatic heterocycles. The first-order valence-corrected chi connectivity index (χ1v) is 7.46. The zero-order chi connectivity index (χ0) is 13.2. The molecule has 1 aliphatic rings. The Morgan fingerprint density at radius 2 is 1.79 bits per heavy atom. The van der Waals surface area contributed by atoms with E-state index in [0.717, 1.165) is 21.5 Å². The summed E-state index contributed by atoms with van der Waals surface area (Å²) in [4.78, 5) is 25.5. The van der Waals surface area contributed by atoms with Crippen molar-refractivity contribution in [1.29, 1.82) is 0 Å². The van der Waals surface area contributed by atoms with Crippen LogP contribution in [0.4, 0.5) is 0 Å². The third-order valence-electron chi connectivity index (χ3n) is 2.76. The second-order valence-corrected chi connectivity index (χ2v) is 6.37. The van der Waals surface area contributed by atoms with Crippen molar-refractivity contribution in [2.75, 3.05) is 0 Å². The van der Waals surface area contributed by atoms with Crippen LogP contribution in [0.5, 0.6) is 0 Å². The lowest BCUT2D eigenvalue weighted by Crippen LogP contribution is -1.91. The molecule has 2 heterocycles. The number of carbonyl (C=O) groups is 2. The van der Waals surface area contributed by atoms with E-state index in [-0.39, 0.29) is 17.3 Å². The molecule has 1 saturated heterocycles. The van der Waals surface area contributed by atoms with Crippen molar-refractivity contribution in [2.45, 2.75) is 6.42 Å². The van der Waals surface area contributed by atoms with Crippen molar-refractivity contribution in [2.24, 2.45) is 0 Å². The molecular weight excluding hydrogens is 276 g/mol. The van der Waals surface area contributed by atoms with Gasteiger partial charge in [-0.2, -0.15) is 0 Å². The molecule has 19 heavy (non-hydrogen) atoms. The van der Waals surface area contributed by atoms with Gasteiger partial charge < -0.3 is 0 Å². The highest BCUT2D eigenvalue weighted by molar-refractivity contribution is 8.18. The van der Waals surface area contributed by atoms with Crippen LogP contribution in [0.2, 0.25) is 0 Å². The first-order chi connectivity index (χ1) is 9.22. The Morgan fingerprint density at radius 1 is 1.00 bits per heavy atom. The van der Waals surface area contributed by atoms with Crippen LogP contribution in [-0.2, 0) is 9.59 Å². The van der Waals surface area contributed by atoms with E-state index in [4.69, 9.17) is 0 Å². The number of thioether (sulfide) groups is 1. The molecule has 2 aromatic rings. The van der Waals surface area contributed by atoms with Crippen LogP contribution in [0.1, 0.15) is 11.3 Å². The summed E-state index contributed by atoms with van der Waals surface area (Å²) in [5.41, 5.74) is 1.17. The van der Waals surface area contributed by atoms with Gasteiger partial charge in [0.1, 0.15) is 0 Å². The maximum atomic E-state index is 11.6. The minimum atomic E-state index is -0.0651. The van der Waals surface area contributed by atoms with Crippen LogP contribution >= 0.6 is 23.1 Å². The number of thiophene rings is 1. The normalized spacial score (nSPS) is 17.4. The summed E-state index contributed by atoms with van der Waals surface area (Å²) < 4.78 is 0. The first-order valence-electron chi connectivity index (χ1n) is 5.83. The molecule has 0 N–H and O–H groups in total. The van der Waals surface area contributed by atoms with Crippen LogP contribution in [0.25, 0.3) is 16.5 Å². The Labute approximate surface area is 119 Å². The van der Waals surface area contributed by atoms with Crippen molar-refractivity contribution in [3.05, 3.63) is 52.2 Å². The average molecular weight is 286 g/mol. The van der Waals surface area contributed by atoms with Gasteiger partial charge >= 0.3 is 0 Å². The molecule has 3 rings (SSSR count). The molecule has 0 unspecified atom stereocenters. The molecule has 0 amide bonds. The lowest BCUT2D eigenvalue weighted by molar-refractivity contribution is -0.119. The van der Waals surface area contributed by atoms with Crippen molar-refractivity contribution < 1.29 is 9.59 Å². The van der Waals surface area contributed by atoms with E-state index < -0.39 is 0 Å². The molecule has 0 atom stereocenters. The number of rotatable bonds is 2. The maximum absolute atomic E-state index is 11.6. The van der Waals surface area contributed by atoms with E-state index in [1.807, 2.05) is 36.4 Å². The van der Waals surface area contributed by atoms with Gasteiger partial charge in [-0.15, -0.1) is 11.3 Å². The summed E-state index contributed by atoms with van der Waals surface area (Å²) in [6, 6.07) is 14.1. The molecule has 0 bridgehead atoms. The van der Waals surface area contributed by atoms with E-state index in [9.17, 15) is 9.59 Å². The van der Waals surface area contributed by atoms with Gasteiger partial charge in [-0.25, -0.2) is 0 Å². The molecule has 0 spiro atoms. The van der Waals surface area contributed by atoms with Crippen molar-refractivity contribution in [3.63, 3.8) is 0 Å². The van der Waals surface area contributed by atoms with Crippen molar-refractivity contribution in [1.82, 2.24) is 0 Å². The summed E-state index contributed by atoms with van der Waals surface area (Å²) in [6.45, 7) is 0. The van der Waals surface area contributed by atoms with E-state index in [1.54, 1.807) is 11.3 Å². The van der Waals surface area contributed by atoms with E-state index >= 15 is 0 Å². The largest absolute Gasteiger partial charge is 0.293 e. The van der Waals surface area contributed by atoms with E-state index in [1.165, 1.54) is 5.56 Å². The fourth-order valence-electron chi connectivity index (χ4n) is 1.86. The highest BCUT2D eigenvalue weighted by Gasteiger charge is 2.25. The van der Waals surface area contributed by atoms with Gasteiger partial charge in [-0.1, -0.05) is 30.3 Å². The summed E-state index contributed by atoms with van der Waals surface area (Å²) in [5, 5.41) is -0.0592. The Bertz CT molecular complexity index is 668. The van der Waals surface area contributed by atoms with Crippen LogP contribution in [-0.4, -0.2) is 10.9 Å². The number of Topliss-reactive ketones (excluding diaryl/α,β-unsaturated/α-hetero) is 1. The Kier molecular flexibility index (Phi) is 3.36. The Balaban J connectivity index is 1.89. The third-order valence-corrected chi connectivity index (χ3v) is 4.78. The fraction of sp³-hybridized carbons (Fsp3) is 0.0667. The molecule has 0 radical (unpaired) electrons. The predicted molar refractivity (Wildman–Crippen MR) is 80.0 cm³/mol. The maximum Gasteiger partial charge on any atom is 0.201 e. The first kappa shape index (κ1) is 12.4. The van der Waals surface area contributed by atoms with Crippen LogP contribution in [0.3, 0.4) is 0 Å². The van der Waals surface area contributed by atoms with Gasteiger partial charge in [0, 0.05) is 9.75 Å². The highest BCUT2D eigenvalue weighted by Crippen LogP contribution is 2.34. The number of ketones is 1. The standard InChI is InChI=1S/C15H10O2S2/c16-12-9-15(17)19-14(12)8-11-6-7-13(18-11)10-4-2-1-3-5-10/h1-8H,9H2. The van der Waals surface area contributed by atoms with Gasteiger partial charge in [0.15, 0.2) is 5.78 Å². The second-order valence-electron chi connectivity index (χ2n) is 4.15. The molecule has 0 saturated carbocycles. The summed E-state index contributed by atoms with van der Waals surface area (Å²) >= 11 is 2.68. The van der Waals surface area contributed by atoms with E-state index in [2.05, 4.69) is 12.1 Å². The molecule has 94 valence electrons. The van der Waals surface area contributed by atoms with Crippen LogP contribution < -0.4 is 0 Å². The van der Waals surface area contributed by atoms with Gasteiger partial charge in [-0.3, -0.25) is 9.59 Å². The van der Waals surface area contributed by atoms with Crippen molar-refractivity contribution in [3.8, 4) is 10.4 Å². The predicted octanol–water partition coefficient (Wildman–Crippen LogP) is 3.99. The molecule has 0 aliphatic carbocycles. The fourth-order valence-corrected chi connectivity index (χ4v) is 3.71. The SMILES string of the molecule is O=C1CC(=O)C(=Cc2ccc(-c3ccccc3)s2)S1. The zero-order valence-corrected chi connectivity index (χ0v) is 11.6. The molecule has 1 aliphatic heterocycles. The monoisotopic (exact) mass is 286 g/mol. The van der Waals surface area contributed by atoms with Gasteiger partial charge in [0.2, 0.25) is 5.12 Å². The number of hydrogen-bond donors (Lipinski definition) is 0. The quantitative estimate of drug-likeness (QED) is 0.618. The van der Waals surface area contributed by atoms with Crippen molar-refractivity contribution >= 4 is 40.1 Å². The molecule has 1 fully saturated rings. The van der Waals surface area contributed by atoms with Crippen LogP contribution in [0.15, 0.2) is 47.4 Å². The summed E-state index contributed by atoms with van der Waals surface area (Å²) in [6.07, 6.45) is 1.85. The Hall–Kier alpha value is -1.65.